The van der Waals surface area contributed by atoms with Crippen molar-refractivity contribution < 1.29 is 43.8 Å². The van der Waals surface area contributed by atoms with Crippen molar-refractivity contribution in [1.82, 2.24) is 16.0 Å². The number of carboxylic acid groups (broad SMARTS) is 2. The van der Waals surface area contributed by atoms with Crippen LogP contribution in [0.4, 0.5) is 0 Å². The molecule has 0 aliphatic carbocycles. The SMILES string of the molecule is CC(NC(=O)C(CC(N)=O)NC(=O)C(CCC(=O)O)NC(=O)C(N)CCC(N)=O)C(=O)O. The summed E-state index contributed by atoms with van der Waals surface area (Å²) < 4.78 is 0. The minimum Gasteiger partial charge on any atom is -0.481 e. The summed E-state index contributed by atoms with van der Waals surface area (Å²) in [5.74, 6) is -7.31. The van der Waals surface area contributed by atoms with Gasteiger partial charge in [0.05, 0.1) is 12.5 Å². The van der Waals surface area contributed by atoms with Gasteiger partial charge in [0.1, 0.15) is 18.1 Å². The lowest BCUT2D eigenvalue weighted by Crippen LogP contribution is -2.57. The van der Waals surface area contributed by atoms with Gasteiger partial charge in [-0.25, -0.2) is 0 Å². The lowest BCUT2D eigenvalue weighted by atomic mass is 10.1. The molecule has 0 saturated heterocycles. The zero-order valence-electron chi connectivity index (χ0n) is 17.3. The maximum Gasteiger partial charge on any atom is 0.325 e. The highest BCUT2D eigenvalue weighted by Gasteiger charge is 2.30. The van der Waals surface area contributed by atoms with Crippen molar-refractivity contribution in [3.05, 3.63) is 0 Å². The van der Waals surface area contributed by atoms with Gasteiger partial charge in [-0.3, -0.25) is 33.6 Å². The molecule has 15 nitrogen and oxygen atoms in total. The molecule has 0 aliphatic heterocycles. The zero-order valence-corrected chi connectivity index (χ0v) is 17.3. The van der Waals surface area contributed by atoms with Crippen LogP contribution in [-0.4, -0.2) is 75.9 Å². The second-order valence-electron chi connectivity index (χ2n) is 6.91. The van der Waals surface area contributed by atoms with E-state index in [1.54, 1.807) is 0 Å². The van der Waals surface area contributed by atoms with E-state index in [0.717, 1.165) is 6.92 Å². The zero-order chi connectivity index (χ0) is 25.0. The number of nitrogens with two attached hydrogens (primary N) is 3. The van der Waals surface area contributed by atoms with Gasteiger partial charge in [-0.05, 0) is 19.8 Å². The van der Waals surface area contributed by atoms with E-state index in [0.29, 0.717) is 0 Å². The van der Waals surface area contributed by atoms with E-state index in [2.05, 4.69) is 16.0 Å². The van der Waals surface area contributed by atoms with Crippen molar-refractivity contribution in [2.75, 3.05) is 0 Å². The highest BCUT2D eigenvalue weighted by atomic mass is 16.4. The monoisotopic (exact) mass is 460 g/mol. The fourth-order valence-electron chi connectivity index (χ4n) is 2.30. The number of primary amides is 2. The number of nitrogens with one attached hydrogen (secondary N) is 3. The third kappa shape index (κ3) is 11.4. The first-order chi connectivity index (χ1) is 14.7. The smallest absolute Gasteiger partial charge is 0.325 e. The van der Waals surface area contributed by atoms with Gasteiger partial charge in [0.15, 0.2) is 0 Å². The first-order valence-corrected chi connectivity index (χ1v) is 9.42. The van der Waals surface area contributed by atoms with Crippen LogP contribution in [0, 0.1) is 0 Å². The molecule has 5 amide bonds. The van der Waals surface area contributed by atoms with Gasteiger partial charge in [-0.15, -0.1) is 0 Å². The minimum atomic E-state index is -1.59. The molecule has 180 valence electrons. The lowest BCUT2D eigenvalue weighted by molar-refractivity contribution is -0.142. The third-order valence-electron chi connectivity index (χ3n) is 4.09. The number of rotatable bonds is 15. The fourth-order valence-corrected chi connectivity index (χ4v) is 2.30. The lowest BCUT2D eigenvalue weighted by Gasteiger charge is -2.24. The number of carbonyl (C=O) groups is 7. The van der Waals surface area contributed by atoms with Crippen LogP contribution in [-0.2, 0) is 33.6 Å². The molecule has 0 aromatic heterocycles. The Kier molecular flexibility index (Phi) is 11.9. The topological polar surface area (TPSA) is 274 Å². The van der Waals surface area contributed by atoms with Crippen LogP contribution >= 0.6 is 0 Å². The van der Waals surface area contributed by atoms with Crippen molar-refractivity contribution >= 4 is 41.5 Å². The van der Waals surface area contributed by atoms with Crippen LogP contribution in [0.2, 0.25) is 0 Å². The molecule has 0 heterocycles. The Balaban J connectivity index is 5.41. The first kappa shape index (κ1) is 28.2. The third-order valence-corrected chi connectivity index (χ3v) is 4.09. The van der Waals surface area contributed by atoms with Crippen LogP contribution in [0.25, 0.3) is 0 Å². The van der Waals surface area contributed by atoms with Crippen LogP contribution in [0.3, 0.4) is 0 Å². The second-order valence-corrected chi connectivity index (χ2v) is 6.91. The molecule has 11 N–H and O–H groups in total. The molecule has 0 fully saturated rings. The van der Waals surface area contributed by atoms with E-state index in [4.69, 9.17) is 27.4 Å². The predicted molar refractivity (Wildman–Crippen MR) is 106 cm³/mol. The number of carbonyl (C=O) groups excluding carboxylic acids is 5. The Morgan fingerprint density at radius 1 is 0.750 bits per heavy atom. The Morgan fingerprint density at radius 2 is 1.28 bits per heavy atom. The Hall–Kier alpha value is -3.75. The van der Waals surface area contributed by atoms with Crippen LogP contribution in [0.1, 0.15) is 39.0 Å². The highest BCUT2D eigenvalue weighted by molar-refractivity contribution is 5.96. The molecule has 0 bridgehead atoms. The predicted octanol–water partition coefficient (Wildman–Crippen LogP) is -4.12. The summed E-state index contributed by atoms with van der Waals surface area (Å²) >= 11 is 0. The summed E-state index contributed by atoms with van der Waals surface area (Å²) in [6.07, 6.45) is -1.97. The Morgan fingerprint density at radius 3 is 1.75 bits per heavy atom. The van der Waals surface area contributed by atoms with E-state index in [9.17, 15) is 33.6 Å². The van der Waals surface area contributed by atoms with Gasteiger partial charge in [-0.2, -0.15) is 0 Å². The summed E-state index contributed by atoms with van der Waals surface area (Å²) in [5.41, 5.74) is 15.7. The molecular formula is C17H28N6O9. The van der Waals surface area contributed by atoms with E-state index in [1.807, 2.05) is 0 Å². The van der Waals surface area contributed by atoms with Crippen molar-refractivity contribution in [3.63, 3.8) is 0 Å². The molecule has 0 saturated carbocycles. The second kappa shape index (κ2) is 13.5. The largest absolute Gasteiger partial charge is 0.481 e. The number of hydrogen-bond acceptors (Lipinski definition) is 8. The van der Waals surface area contributed by atoms with Crippen LogP contribution < -0.4 is 33.2 Å². The van der Waals surface area contributed by atoms with Gasteiger partial charge in [0, 0.05) is 12.8 Å². The van der Waals surface area contributed by atoms with Crippen LogP contribution in [0.5, 0.6) is 0 Å². The molecule has 0 aromatic rings. The number of amides is 5. The summed E-state index contributed by atoms with van der Waals surface area (Å²) in [6, 6.07) is -5.64. The van der Waals surface area contributed by atoms with Crippen molar-refractivity contribution in [3.8, 4) is 0 Å². The molecule has 0 radical (unpaired) electrons. The summed E-state index contributed by atoms with van der Waals surface area (Å²) in [7, 11) is 0. The molecule has 4 atom stereocenters. The van der Waals surface area contributed by atoms with Crippen molar-refractivity contribution in [2.45, 2.75) is 63.2 Å². The van der Waals surface area contributed by atoms with Crippen molar-refractivity contribution in [2.24, 2.45) is 17.2 Å². The Bertz CT molecular complexity index is 757. The van der Waals surface area contributed by atoms with Crippen LogP contribution in [0.15, 0.2) is 0 Å². The summed E-state index contributed by atoms with van der Waals surface area (Å²) in [5, 5.41) is 24.2. The number of carboxylic acids is 2. The molecule has 15 heteroatoms. The average Bonchev–Trinajstić information content (AvgIpc) is 2.67. The normalized spacial score (nSPS) is 14.2. The number of aliphatic carboxylic acids is 2. The maximum absolute atomic E-state index is 12.6. The quantitative estimate of drug-likeness (QED) is 0.117. The molecule has 0 aromatic carbocycles. The van der Waals surface area contributed by atoms with Gasteiger partial charge in [0.25, 0.3) is 0 Å². The molecule has 0 aliphatic rings. The van der Waals surface area contributed by atoms with Gasteiger partial charge in [0.2, 0.25) is 29.5 Å². The molecule has 0 spiro atoms. The molecular weight excluding hydrogens is 432 g/mol. The maximum atomic E-state index is 12.6. The average molecular weight is 460 g/mol. The fraction of sp³-hybridized carbons (Fsp3) is 0.588. The minimum absolute atomic E-state index is 0.131. The van der Waals surface area contributed by atoms with E-state index >= 15 is 0 Å². The van der Waals surface area contributed by atoms with Crippen molar-refractivity contribution in [1.29, 1.82) is 0 Å². The summed E-state index contributed by atoms with van der Waals surface area (Å²) in [6.45, 7) is 1.15. The molecule has 0 rings (SSSR count). The number of hydrogen-bond donors (Lipinski definition) is 8. The highest BCUT2D eigenvalue weighted by Crippen LogP contribution is 2.03. The van der Waals surface area contributed by atoms with E-state index in [1.165, 1.54) is 0 Å². The van der Waals surface area contributed by atoms with Gasteiger partial charge >= 0.3 is 11.9 Å². The van der Waals surface area contributed by atoms with Gasteiger partial charge in [-0.1, -0.05) is 0 Å². The van der Waals surface area contributed by atoms with Gasteiger partial charge < -0.3 is 43.4 Å². The molecule has 32 heavy (non-hydrogen) atoms. The molecule has 4 unspecified atom stereocenters. The van der Waals surface area contributed by atoms with E-state index < -0.39 is 84.9 Å². The summed E-state index contributed by atoms with van der Waals surface area (Å²) in [4.78, 5) is 80.9. The first-order valence-electron chi connectivity index (χ1n) is 9.42. The Labute approximate surface area is 182 Å². The standard InChI is InChI=1S/C17H28N6O9/c1-7(17(31)32)21-16(30)10(6-12(20)25)23-15(29)9(3-5-13(26)27)22-14(28)8(18)2-4-11(19)24/h7-10H,2-6,18H2,1H3,(H2,19,24)(H2,20,25)(H,21,30)(H,22,28)(H,23,29)(H,26,27)(H,31,32). The van der Waals surface area contributed by atoms with E-state index in [-0.39, 0.29) is 12.8 Å².